The van der Waals surface area contributed by atoms with Crippen molar-refractivity contribution < 1.29 is 13.9 Å². The number of hydrogen-bond acceptors (Lipinski definition) is 6. The minimum absolute atomic E-state index is 0.0430. The zero-order valence-electron chi connectivity index (χ0n) is 16.9. The molecule has 7 nitrogen and oxygen atoms in total. The Morgan fingerprint density at radius 2 is 1.97 bits per heavy atom. The fourth-order valence-electron chi connectivity index (χ4n) is 3.68. The van der Waals surface area contributed by atoms with Gasteiger partial charge in [-0.2, -0.15) is 5.26 Å². The molecule has 3 aromatic rings. The van der Waals surface area contributed by atoms with Gasteiger partial charge in [-0.3, -0.25) is 4.79 Å². The number of ether oxygens (including phenoxy) is 1. The lowest BCUT2D eigenvalue weighted by Gasteiger charge is -2.38. The Morgan fingerprint density at radius 3 is 2.74 bits per heavy atom. The second-order valence-electron chi connectivity index (χ2n) is 7.35. The summed E-state index contributed by atoms with van der Waals surface area (Å²) in [6.45, 7) is 2.28. The van der Waals surface area contributed by atoms with Crippen molar-refractivity contribution in [2.45, 2.75) is 31.9 Å². The fourth-order valence-corrected chi connectivity index (χ4v) is 3.68. The molecular weight excluding hydrogens is 397 g/mol. The van der Waals surface area contributed by atoms with E-state index in [0.717, 1.165) is 12.8 Å². The van der Waals surface area contributed by atoms with Gasteiger partial charge >= 0.3 is 0 Å². The molecule has 0 aliphatic carbocycles. The molecule has 0 saturated carbocycles. The van der Waals surface area contributed by atoms with Crippen LogP contribution in [0.1, 0.15) is 35.7 Å². The van der Waals surface area contributed by atoms with Gasteiger partial charge in [-0.05, 0) is 44.0 Å². The van der Waals surface area contributed by atoms with Gasteiger partial charge in [0.05, 0.1) is 29.3 Å². The van der Waals surface area contributed by atoms with Crippen LogP contribution in [0.4, 0.5) is 4.39 Å². The molecule has 0 radical (unpaired) electrons. The first-order valence-corrected chi connectivity index (χ1v) is 9.96. The summed E-state index contributed by atoms with van der Waals surface area (Å²) in [5.41, 5.74) is 0.754. The third-order valence-electron chi connectivity index (χ3n) is 5.28. The molecule has 2 atom stereocenters. The van der Waals surface area contributed by atoms with Crippen LogP contribution in [0, 0.1) is 17.1 Å². The standard InChI is InChI=1S/C23H20FN5O2/c1-15-6-7-17(31-20-12-16(13-25)8-11-26-20)14-29(15)23(30)18-4-2-5-19(24)21(18)22-27-9-3-10-28-22/h2-5,8-12,15,17H,6-7,14H2,1H3. The highest BCUT2D eigenvalue weighted by atomic mass is 19.1. The van der Waals surface area contributed by atoms with Gasteiger partial charge in [0, 0.05) is 30.7 Å². The molecule has 2 aromatic heterocycles. The maximum Gasteiger partial charge on any atom is 0.255 e. The van der Waals surface area contributed by atoms with Crippen molar-refractivity contribution in [3.8, 4) is 23.3 Å². The van der Waals surface area contributed by atoms with Crippen LogP contribution >= 0.6 is 0 Å². The second kappa shape index (κ2) is 8.88. The van der Waals surface area contributed by atoms with Crippen molar-refractivity contribution in [3.63, 3.8) is 0 Å². The highest BCUT2D eigenvalue weighted by molar-refractivity contribution is 6.00. The normalized spacial score (nSPS) is 18.3. The number of amides is 1. The van der Waals surface area contributed by atoms with Gasteiger partial charge < -0.3 is 9.64 Å². The molecule has 31 heavy (non-hydrogen) atoms. The summed E-state index contributed by atoms with van der Waals surface area (Å²) in [7, 11) is 0. The SMILES string of the molecule is CC1CCC(Oc2cc(C#N)ccn2)CN1C(=O)c1cccc(F)c1-c1ncccn1. The van der Waals surface area contributed by atoms with Crippen LogP contribution < -0.4 is 4.74 Å². The Hall–Kier alpha value is -3.86. The van der Waals surface area contributed by atoms with E-state index in [1.165, 1.54) is 30.7 Å². The molecule has 1 aromatic carbocycles. The first-order chi connectivity index (χ1) is 15.1. The Bertz CT molecular complexity index is 1130. The van der Waals surface area contributed by atoms with E-state index in [4.69, 9.17) is 10.00 Å². The van der Waals surface area contributed by atoms with Crippen LogP contribution in [0.25, 0.3) is 11.4 Å². The zero-order chi connectivity index (χ0) is 21.8. The lowest BCUT2D eigenvalue weighted by atomic mass is 9.98. The molecule has 8 heteroatoms. The van der Waals surface area contributed by atoms with Crippen molar-refractivity contribution in [3.05, 3.63) is 71.9 Å². The summed E-state index contributed by atoms with van der Waals surface area (Å²) in [5, 5.41) is 9.06. The number of carbonyl (C=O) groups excluding carboxylic acids is 1. The number of nitriles is 1. The van der Waals surface area contributed by atoms with E-state index in [0.29, 0.717) is 18.0 Å². The molecule has 1 aliphatic heterocycles. The van der Waals surface area contributed by atoms with Gasteiger partial charge in [0.2, 0.25) is 5.88 Å². The van der Waals surface area contributed by atoms with Crippen molar-refractivity contribution >= 4 is 5.91 Å². The van der Waals surface area contributed by atoms with Crippen LogP contribution in [0.15, 0.2) is 55.0 Å². The number of rotatable bonds is 4. The second-order valence-corrected chi connectivity index (χ2v) is 7.35. The van der Waals surface area contributed by atoms with E-state index in [9.17, 15) is 9.18 Å². The van der Waals surface area contributed by atoms with Crippen molar-refractivity contribution in [1.29, 1.82) is 5.26 Å². The molecule has 0 bridgehead atoms. The molecule has 1 saturated heterocycles. The summed E-state index contributed by atoms with van der Waals surface area (Å²) >= 11 is 0. The molecule has 0 spiro atoms. The molecule has 156 valence electrons. The number of benzene rings is 1. The summed E-state index contributed by atoms with van der Waals surface area (Å²) in [5.74, 6) is -0.345. The maximum absolute atomic E-state index is 14.7. The van der Waals surface area contributed by atoms with Crippen LogP contribution in [0.2, 0.25) is 0 Å². The third kappa shape index (κ3) is 4.36. The fraction of sp³-hybridized carbons (Fsp3) is 0.261. The summed E-state index contributed by atoms with van der Waals surface area (Å²) < 4.78 is 20.6. The summed E-state index contributed by atoms with van der Waals surface area (Å²) in [6, 6.07) is 11.2. The third-order valence-corrected chi connectivity index (χ3v) is 5.28. The predicted octanol–water partition coefficient (Wildman–Crippen LogP) is 3.62. The van der Waals surface area contributed by atoms with Crippen LogP contribution in [0.3, 0.4) is 0 Å². The number of carbonyl (C=O) groups is 1. The van der Waals surface area contributed by atoms with Crippen LogP contribution in [-0.2, 0) is 0 Å². The monoisotopic (exact) mass is 417 g/mol. The highest BCUT2D eigenvalue weighted by Gasteiger charge is 2.33. The topological polar surface area (TPSA) is 92.0 Å². The summed E-state index contributed by atoms with van der Waals surface area (Å²) in [4.78, 5) is 27.5. The molecule has 1 aliphatic rings. The lowest BCUT2D eigenvalue weighted by Crippen LogP contribution is -2.49. The molecular formula is C23H20FN5O2. The quantitative estimate of drug-likeness (QED) is 0.644. The number of pyridine rings is 1. The molecule has 1 fully saturated rings. The lowest BCUT2D eigenvalue weighted by molar-refractivity contribution is 0.0373. The average molecular weight is 417 g/mol. The van der Waals surface area contributed by atoms with Crippen molar-refractivity contribution in [1.82, 2.24) is 19.9 Å². The number of piperidine rings is 1. The van der Waals surface area contributed by atoms with Crippen LogP contribution in [0.5, 0.6) is 5.88 Å². The van der Waals surface area contributed by atoms with Gasteiger partial charge in [0.25, 0.3) is 5.91 Å². The van der Waals surface area contributed by atoms with Gasteiger partial charge in [0.1, 0.15) is 11.9 Å². The number of aromatic nitrogens is 3. The van der Waals surface area contributed by atoms with Gasteiger partial charge in [-0.1, -0.05) is 6.07 Å². The van der Waals surface area contributed by atoms with Crippen LogP contribution in [-0.4, -0.2) is 44.4 Å². The number of nitrogens with zero attached hydrogens (tertiary/aromatic N) is 5. The number of likely N-dealkylation sites (tertiary alicyclic amines) is 1. The largest absolute Gasteiger partial charge is 0.472 e. The highest BCUT2D eigenvalue weighted by Crippen LogP contribution is 2.28. The molecule has 4 rings (SSSR count). The Labute approximate surface area is 179 Å². The van der Waals surface area contributed by atoms with E-state index >= 15 is 0 Å². The van der Waals surface area contributed by atoms with Gasteiger partial charge in [-0.15, -0.1) is 0 Å². The van der Waals surface area contributed by atoms with E-state index in [1.807, 2.05) is 6.92 Å². The van der Waals surface area contributed by atoms with E-state index in [2.05, 4.69) is 21.0 Å². The number of halogens is 1. The first-order valence-electron chi connectivity index (χ1n) is 9.96. The molecule has 3 heterocycles. The minimum Gasteiger partial charge on any atom is -0.472 e. The van der Waals surface area contributed by atoms with E-state index < -0.39 is 5.82 Å². The van der Waals surface area contributed by atoms with Gasteiger partial charge in [0.15, 0.2) is 5.82 Å². The minimum atomic E-state index is -0.549. The Morgan fingerprint density at radius 1 is 1.16 bits per heavy atom. The van der Waals surface area contributed by atoms with E-state index in [-0.39, 0.29) is 35.0 Å². The Balaban J connectivity index is 1.59. The zero-order valence-corrected chi connectivity index (χ0v) is 16.9. The Kier molecular flexibility index (Phi) is 5.85. The molecule has 0 N–H and O–H groups in total. The maximum atomic E-state index is 14.7. The molecule has 1 amide bonds. The summed E-state index contributed by atoms with van der Waals surface area (Å²) in [6.07, 6.45) is 5.72. The first kappa shape index (κ1) is 20.4. The van der Waals surface area contributed by atoms with Gasteiger partial charge in [-0.25, -0.2) is 19.3 Å². The molecule has 2 unspecified atom stereocenters. The predicted molar refractivity (Wildman–Crippen MR) is 111 cm³/mol. The number of hydrogen-bond donors (Lipinski definition) is 0. The average Bonchev–Trinajstić information content (AvgIpc) is 2.80. The van der Waals surface area contributed by atoms with Crippen molar-refractivity contribution in [2.24, 2.45) is 0 Å². The van der Waals surface area contributed by atoms with E-state index in [1.54, 1.807) is 29.2 Å². The van der Waals surface area contributed by atoms with Crippen molar-refractivity contribution in [2.75, 3.05) is 6.54 Å². The smallest absolute Gasteiger partial charge is 0.255 e.